The first-order valence-electron chi connectivity index (χ1n) is 10.6. The zero-order chi connectivity index (χ0) is 23.4. The van der Waals surface area contributed by atoms with Crippen LogP contribution >= 0.6 is 0 Å². The van der Waals surface area contributed by atoms with Crippen molar-refractivity contribution < 1.29 is 18.0 Å². The Balaban J connectivity index is 1.24. The van der Waals surface area contributed by atoms with Crippen LogP contribution < -0.4 is 16.8 Å². The van der Waals surface area contributed by atoms with Gasteiger partial charge in [0.05, 0.1) is 0 Å². The molecule has 0 saturated carbocycles. The molecule has 4 aromatic rings. The quantitative estimate of drug-likeness (QED) is 0.360. The monoisotopic (exact) mass is 584 g/mol. The van der Waals surface area contributed by atoms with Gasteiger partial charge in [0.2, 0.25) is 0 Å². The zero-order valence-corrected chi connectivity index (χ0v) is 21.5. The van der Waals surface area contributed by atoms with Crippen molar-refractivity contribution in [2.45, 2.75) is 0 Å². The van der Waals surface area contributed by atoms with Crippen molar-refractivity contribution >= 4 is 61.0 Å². The van der Waals surface area contributed by atoms with E-state index in [2.05, 4.69) is 0 Å². The molecule has 2 N–H and O–H groups in total. The average Bonchev–Trinajstić information content (AvgIpc) is 3.29. The van der Waals surface area contributed by atoms with E-state index < -0.39 is 28.9 Å². The fraction of sp³-hybridized carbons (Fsp3) is 0. The number of hydrogen-bond acceptors (Lipinski definition) is 4. The number of fused-ring (bicyclic) bond motifs is 2. The molecular formula is C26H20N2O4Se2. The summed E-state index contributed by atoms with van der Waals surface area (Å²) in [6, 6.07) is 29.6. The van der Waals surface area contributed by atoms with Crippen LogP contribution in [0, 0.1) is 0 Å². The molecule has 0 aromatic heterocycles. The predicted molar refractivity (Wildman–Crippen MR) is 136 cm³/mol. The Kier molecular flexibility index (Phi) is 5.15. The molecule has 2 unspecified atom stereocenters. The molecule has 4 aromatic carbocycles. The first kappa shape index (κ1) is 21.3. The number of hydrogen-bond donors (Lipinski definition) is 2. The van der Waals surface area contributed by atoms with Crippen LogP contribution in [0.1, 0.15) is 20.7 Å². The maximum atomic E-state index is 12.8. The molecule has 6 rings (SSSR count). The summed E-state index contributed by atoms with van der Waals surface area (Å²) in [5.74, 6) is -0.316. The van der Waals surface area contributed by atoms with E-state index in [1.165, 1.54) is 7.83 Å². The topological polar surface area (TPSA) is 81.1 Å². The fourth-order valence-corrected chi connectivity index (χ4v) is 10.4. The van der Waals surface area contributed by atoms with E-state index >= 15 is 0 Å². The summed E-state index contributed by atoms with van der Waals surface area (Å²) in [6.45, 7) is 0. The van der Waals surface area contributed by atoms with Crippen LogP contribution in [0.2, 0.25) is 0 Å². The van der Waals surface area contributed by atoms with Gasteiger partial charge in [0.1, 0.15) is 0 Å². The Morgan fingerprint density at radius 3 is 1.21 bits per heavy atom. The summed E-state index contributed by atoms with van der Waals surface area (Å²) in [6.07, 6.45) is 0. The van der Waals surface area contributed by atoms with Crippen LogP contribution in [0.5, 0.6) is 0 Å². The number of benzene rings is 4. The molecule has 2 aliphatic rings. The van der Waals surface area contributed by atoms with E-state index in [4.69, 9.17) is 0 Å². The number of carbonyl (C=O) groups is 2. The van der Waals surface area contributed by atoms with Crippen LogP contribution in [0.15, 0.2) is 97.1 Å². The molecule has 2 aliphatic heterocycles. The predicted octanol–water partition coefficient (Wildman–Crippen LogP) is 1.51. The van der Waals surface area contributed by atoms with Crippen molar-refractivity contribution in [2.75, 3.05) is 7.83 Å². The Labute approximate surface area is 205 Å². The molecule has 2 amide bonds. The van der Waals surface area contributed by atoms with E-state index in [1.807, 2.05) is 84.9 Å². The van der Waals surface area contributed by atoms with Gasteiger partial charge in [-0.1, -0.05) is 0 Å². The molecule has 2 heterocycles. The van der Waals surface area contributed by atoms with Crippen LogP contribution in [-0.4, -0.2) is 49.1 Å². The molecule has 0 aliphatic carbocycles. The van der Waals surface area contributed by atoms with E-state index in [9.17, 15) is 18.0 Å². The third-order valence-corrected chi connectivity index (χ3v) is 12.8. The average molecular weight is 582 g/mol. The number of carbonyl (C=O) groups excluding carboxylic acids is 2. The zero-order valence-electron chi connectivity index (χ0n) is 17.7. The Morgan fingerprint density at radius 2 is 0.853 bits per heavy atom. The van der Waals surface area contributed by atoms with Gasteiger partial charge in [-0.05, 0) is 0 Å². The Hall–Kier alpha value is -3.22. The van der Waals surface area contributed by atoms with Crippen molar-refractivity contribution in [3.63, 3.8) is 0 Å². The summed E-state index contributed by atoms with van der Waals surface area (Å²) in [5, 5.41) is 0. The van der Waals surface area contributed by atoms with Crippen molar-refractivity contribution in [1.29, 1.82) is 0 Å². The van der Waals surface area contributed by atoms with E-state index in [0.717, 1.165) is 20.1 Å². The Bertz CT molecular complexity index is 1330. The second kappa shape index (κ2) is 8.22. The first-order valence-corrected chi connectivity index (χ1v) is 15.8. The Morgan fingerprint density at radius 1 is 0.500 bits per heavy atom. The minimum absolute atomic E-state index is 0.158. The SMILES string of the molecule is O=C1c2ccccc2[SeH](O)N1c1ccc(-c2ccc(N3C(=O)c4ccccc4[SeH]3O)cc2)cc1. The van der Waals surface area contributed by atoms with Gasteiger partial charge in [-0.2, -0.15) is 0 Å². The van der Waals surface area contributed by atoms with Gasteiger partial charge in [0.25, 0.3) is 0 Å². The van der Waals surface area contributed by atoms with Gasteiger partial charge < -0.3 is 0 Å². The first-order chi connectivity index (χ1) is 16.5. The third kappa shape index (κ3) is 3.24. The van der Waals surface area contributed by atoms with E-state index in [1.54, 1.807) is 12.1 Å². The molecule has 0 bridgehead atoms. The third-order valence-electron chi connectivity index (χ3n) is 6.02. The molecule has 0 radical (unpaired) electrons. The van der Waals surface area contributed by atoms with Gasteiger partial charge in [-0.3, -0.25) is 0 Å². The van der Waals surface area contributed by atoms with Crippen LogP contribution in [0.25, 0.3) is 11.1 Å². The molecule has 0 spiro atoms. The van der Waals surface area contributed by atoms with Crippen LogP contribution in [0.4, 0.5) is 11.4 Å². The molecule has 2 atom stereocenters. The van der Waals surface area contributed by atoms with Gasteiger partial charge in [0, 0.05) is 0 Å². The molecular weight excluding hydrogens is 562 g/mol. The normalized spacial score (nSPS) is 21.0. The van der Waals surface area contributed by atoms with E-state index in [0.29, 0.717) is 22.5 Å². The fourth-order valence-electron chi connectivity index (χ4n) is 4.32. The number of amides is 2. The summed E-state index contributed by atoms with van der Waals surface area (Å²) in [4.78, 5) is 25.6. The summed E-state index contributed by atoms with van der Waals surface area (Å²) < 4.78 is 26.2. The van der Waals surface area contributed by atoms with Gasteiger partial charge in [-0.15, -0.1) is 0 Å². The van der Waals surface area contributed by atoms with Crippen LogP contribution in [0.3, 0.4) is 0 Å². The summed E-state index contributed by atoms with van der Waals surface area (Å²) in [5.41, 5.74) is 4.41. The molecule has 170 valence electrons. The van der Waals surface area contributed by atoms with E-state index in [-0.39, 0.29) is 11.8 Å². The van der Waals surface area contributed by atoms with Gasteiger partial charge in [-0.25, -0.2) is 0 Å². The molecule has 0 fully saturated rings. The van der Waals surface area contributed by atoms with Crippen molar-refractivity contribution in [1.82, 2.24) is 0 Å². The van der Waals surface area contributed by atoms with Crippen molar-refractivity contribution in [3.8, 4) is 11.1 Å². The van der Waals surface area contributed by atoms with Gasteiger partial charge >= 0.3 is 206 Å². The summed E-state index contributed by atoms with van der Waals surface area (Å²) >= 11 is -5.29. The minimum atomic E-state index is -2.64. The standard InChI is InChI=1S/C26H20N2O4Se2/c29-25-21-5-1-3-7-23(21)33(31)27(25)19-13-9-17(10-14-19)18-11-15-20(16-12-18)28-26(30)22-6-2-4-8-24(22)34(28)32/h1-16,31-34H. The van der Waals surface area contributed by atoms with Crippen molar-refractivity contribution in [2.24, 2.45) is 0 Å². The second-order valence-electron chi connectivity index (χ2n) is 7.94. The maximum absolute atomic E-state index is 12.8. The second-order valence-corrected chi connectivity index (χ2v) is 14.1. The molecule has 34 heavy (non-hydrogen) atoms. The summed E-state index contributed by atoms with van der Waals surface area (Å²) in [7, 11) is 0. The number of anilines is 2. The van der Waals surface area contributed by atoms with Crippen LogP contribution in [-0.2, 0) is 0 Å². The molecule has 6 nitrogen and oxygen atoms in total. The number of nitrogens with zero attached hydrogens (tertiary/aromatic N) is 2. The van der Waals surface area contributed by atoms with Gasteiger partial charge in [0.15, 0.2) is 0 Å². The van der Waals surface area contributed by atoms with Crippen molar-refractivity contribution in [3.05, 3.63) is 108 Å². The molecule has 8 heteroatoms. The molecule has 0 saturated heterocycles. The number of rotatable bonds is 3.